The highest BCUT2D eigenvalue weighted by Gasteiger charge is 2.39. The number of hydrogen-bond acceptors (Lipinski definition) is 2. The predicted molar refractivity (Wildman–Crippen MR) is 87.0 cm³/mol. The summed E-state index contributed by atoms with van der Waals surface area (Å²) in [5, 5.41) is 9.55. The maximum absolute atomic E-state index is 4.79. The molecule has 2 unspecified atom stereocenters. The van der Waals surface area contributed by atoms with Gasteiger partial charge >= 0.3 is 5.82 Å². The van der Waals surface area contributed by atoms with Crippen molar-refractivity contribution in [3.05, 3.63) is 84.5 Å². The molecule has 0 bridgehead atoms. The molecule has 0 amide bonds. The summed E-state index contributed by atoms with van der Waals surface area (Å²) < 4.78 is 0. The van der Waals surface area contributed by atoms with E-state index in [-0.39, 0.29) is 6.04 Å². The number of allylic oxidation sites excluding steroid dienone is 4. The van der Waals surface area contributed by atoms with Gasteiger partial charge in [-0.25, -0.2) is 0 Å². The predicted octanol–water partition coefficient (Wildman–Crippen LogP) is 2.99. The fraction of sp³-hybridized carbons (Fsp3) is 0.105. The van der Waals surface area contributed by atoms with Crippen LogP contribution < -0.4 is 4.80 Å². The summed E-state index contributed by atoms with van der Waals surface area (Å²) in [5.74, 6) is 1.06. The van der Waals surface area contributed by atoms with Crippen molar-refractivity contribution >= 4 is 0 Å². The zero-order chi connectivity index (χ0) is 15.2. The lowest BCUT2D eigenvalue weighted by atomic mass is 9.86. The van der Waals surface area contributed by atoms with Crippen LogP contribution in [0, 0.1) is 0 Å². The zero-order valence-corrected chi connectivity index (χ0v) is 12.4. The number of tetrazole rings is 1. The first-order valence-electron chi connectivity index (χ1n) is 7.81. The van der Waals surface area contributed by atoms with Crippen LogP contribution in [0.5, 0.6) is 0 Å². The quantitative estimate of drug-likeness (QED) is 0.647. The second-order valence-corrected chi connectivity index (χ2v) is 5.84. The molecule has 110 valence electrons. The first-order valence-corrected chi connectivity index (χ1v) is 7.81. The van der Waals surface area contributed by atoms with E-state index in [2.05, 4.69) is 48.6 Å². The molecule has 3 aromatic rings. The minimum atomic E-state index is 0.167. The van der Waals surface area contributed by atoms with Crippen LogP contribution in [0.3, 0.4) is 0 Å². The van der Waals surface area contributed by atoms with Gasteiger partial charge in [-0.15, -0.1) is 0 Å². The summed E-state index contributed by atoms with van der Waals surface area (Å²) in [6.45, 7) is 0. The van der Waals surface area contributed by atoms with Gasteiger partial charge in [-0.3, -0.25) is 0 Å². The summed E-state index contributed by atoms with van der Waals surface area (Å²) in [6, 6.07) is 18.7. The topological polar surface area (TPSA) is 34.6 Å². The van der Waals surface area contributed by atoms with Crippen LogP contribution in [-0.4, -0.2) is 15.0 Å². The van der Waals surface area contributed by atoms with Gasteiger partial charge in [0.2, 0.25) is 0 Å². The van der Waals surface area contributed by atoms with Crippen molar-refractivity contribution in [2.75, 3.05) is 0 Å². The minimum Gasteiger partial charge on any atom is -0.0723 e. The maximum atomic E-state index is 4.79. The van der Waals surface area contributed by atoms with E-state index in [1.807, 2.05) is 39.9 Å². The molecule has 2 aliphatic rings. The first-order chi connectivity index (χ1) is 11.4. The van der Waals surface area contributed by atoms with Crippen LogP contribution in [0.15, 0.2) is 78.9 Å². The van der Waals surface area contributed by atoms with Crippen LogP contribution >= 0.6 is 0 Å². The van der Waals surface area contributed by atoms with Gasteiger partial charge < -0.3 is 0 Å². The molecular formula is C19H15N4+. The molecule has 0 N–H and O–H groups in total. The van der Waals surface area contributed by atoms with E-state index in [1.54, 1.807) is 0 Å². The molecule has 0 radical (unpaired) electrons. The lowest BCUT2D eigenvalue weighted by Crippen LogP contribution is -2.54. The van der Waals surface area contributed by atoms with Crippen LogP contribution in [0.25, 0.3) is 17.1 Å². The number of para-hydroxylation sites is 1. The van der Waals surface area contributed by atoms with Gasteiger partial charge in [-0.1, -0.05) is 54.6 Å². The number of aromatic nitrogens is 4. The third kappa shape index (κ3) is 1.81. The van der Waals surface area contributed by atoms with Crippen molar-refractivity contribution in [1.29, 1.82) is 0 Å². The molecular weight excluding hydrogens is 284 g/mol. The smallest absolute Gasteiger partial charge is 0.0723 e. The number of fused-ring (bicyclic) bond motifs is 6. The minimum absolute atomic E-state index is 0.167. The van der Waals surface area contributed by atoms with Crippen molar-refractivity contribution in [3.63, 3.8) is 0 Å². The van der Waals surface area contributed by atoms with E-state index >= 15 is 0 Å². The average molecular weight is 299 g/mol. The Morgan fingerprint density at radius 2 is 1.65 bits per heavy atom. The molecule has 0 spiro atoms. The Hall–Kier alpha value is -3.01. The van der Waals surface area contributed by atoms with E-state index < -0.39 is 0 Å². The highest BCUT2D eigenvalue weighted by atomic mass is 15.7. The van der Waals surface area contributed by atoms with Crippen molar-refractivity contribution in [2.45, 2.75) is 12.0 Å². The summed E-state index contributed by atoms with van der Waals surface area (Å²) in [7, 11) is 0. The van der Waals surface area contributed by atoms with Crippen LogP contribution in [0.1, 0.15) is 17.5 Å². The molecule has 4 nitrogen and oxygen atoms in total. The molecule has 4 heteroatoms. The Morgan fingerprint density at radius 1 is 0.870 bits per heavy atom. The Bertz CT molecular complexity index is 937. The molecule has 2 aromatic carbocycles. The molecule has 1 aliphatic heterocycles. The molecule has 23 heavy (non-hydrogen) atoms. The number of benzene rings is 2. The fourth-order valence-electron chi connectivity index (χ4n) is 3.41. The molecule has 2 heterocycles. The Kier molecular flexibility index (Phi) is 2.58. The van der Waals surface area contributed by atoms with E-state index in [0.717, 1.165) is 17.1 Å². The Balaban J connectivity index is 1.75. The average Bonchev–Trinajstić information content (AvgIpc) is 3.09. The van der Waals surface area contributed by atoms with E-state index in [1.165, 1.54) is 5.56 Å². The lowest BCUT2D eigenvalue weighted by Gasteiger charge is -2.26. The van der Waals surface area contributed by atoms with Gasteiger partial charge in [0.25, 0.3) is 0 Å². The molecule has 0 saturated heterocycles. The van der Waals surface area contributed by atoms with E-state index in [4.69, 9.17) is 10.2 Å². The van der Waals surface area contributed by atoms with Crippen LogP contribution in [-0.2, 0) is 0 Å². The fourth-order valence-corrected chi connectivity index (χ4v) is 3.41. The van der Waals surface area contributed by atoms with Gasteiger partial charge in [-0.2, -0.15) is 0 Å². The SMILES string of the molecule is C1=CC2c3ccccc3-n3nc(-c4ccccc4)n[n+]3C2C=C1. The number of nitrogens with zero attached hydrogens (tertiary/aromatic N) is 4. The highest BCUT2D eigenvalue weighted by molar-refractivity contribution is 5.54. The molecule has 0 fully saturated rings. The van der Waals surface area contributed by atoms with Crippen molar-refractivity contribution < 1.29 is 4.80 Å². The van der Waals surface area contributed by atoms with Gasteiger partial charge in [0.15, 0.2) is 6.04 Å². The second-order valence-electron chi connectivity index (χ2n) is 5.84. The molecule has 1 aromatic heterocycles. The van der Waals surface area contributed by atoms with Gasteiger partial charge in [0, 0.05) is 4.80 Å². The van der Waals surface area contributed by atoms with Gasteiger partial charge in [0.1, 0.15) is 5.69 Å². The largest absolute Gasteiger partial charge is 0.339 e. The number of hydrogen-bond donors (Lipinski definition) is 0. The molecule has 0 saturated carbocycles. The van der Waals surface area contributed by atoms with Gasteiger partial charge in [-0.05, 0) is 39.7 Å². The van der Waals surface area contributed by atoms with Crippen LogP contribution in [0.2, 0.25) is 0 Å². The first kappa shape index (κ1) is 12.5. The van der Waals surface area contributed by atoms with E-state index in [9.17, 15) is 0 Å². The molecule has 1 aliphatic carbocycles. The highest BCUT2D eigenvalue weighted by Crippen LogP contribution is 2.36. The summed E-state index contributed by atoms with van der Waals surface area (Å²) in [4.78, 5) is 3.93. The summed E-state index contributed by atoms with van der Waals surface area (Å²) >= 11 is 0. The second kappa shape index (κ2) is 4.74. The van der Waals surface area contributed by atoms with Crippen LogP contribution in [0.4, 0.5) is 0 Å². The normalized spacial score (nSPS) is 20.7. The number of rotatable bonds is 1. The maximum Gasteiger partial charge on any atom is 0.339 e. The summed E-state index contributed by atoms with van der Waals surface area (Å²) in [6.07, 6.45) is 8.64. The molecule has 2 atom stereocenters. The zero-order valence-electron chi connectivity index (χ0n) is 12.4. The third-order valence-corrected chi connectivity index (χ3v) is 4.50. The van der Waals surface area contributed by atoms with Crippen molar-refractivity contribution in [2.24, 2.45) is 0 Å². The monoisotopic (exact) mass is 299 g/mol. The van der Waals surface area contributed by atoms with Crippen molar-refractivity contribution in [1.82, 2.24) is 15.0 Å². The lowest BCUT2D eigenvalue weighted by molar-refractivity contribution is -0.837. The third-order valence-electron chi connectivity index (χ3n) is 4.50. The summed E-state index contributed by atoms with van der Waals surface area (Å²) in [5.41, 5.74) is 3.43. The Labute approximate surface area is 134 Å². The molecule has 5 rings (SSSR count). The standard InChI is InChI=1S/C19H15N4/c1-2-8-14(9-3-1)19-20-22-17-12-6-4-10-15(17)16-11-5-7-13-18(16)23(22)21-19/h1-13,15,17H/q+1. The van der Waals surface area contributed by atoms with E-state index in [0.29, 0.717) is 5.92 Å². The van der Waals surface area contributed by atoms with Gasteiger partial charge in [0.05, 0.1) is 16.6 Å². The van der Waals surface area contributed by atoms with Crippen molar-refractivity contribution in [3.8, 4) is 17.1 Å². The Morgan fingerprint density at radius 3 is 2.57 bits per heavy atom.